The van der Waals surface area contributed by atoms with E-state index in [0.717, 1.165) is 18.5 Å². The summed E-state index contributed by atoms with van der Waals surface area (Å²) in [4.78, 5) is 12.5. The number of anilines is 1. The Bertz CT molecular complexity index is 928. The lowest BCUT2D eigenvalue weighted by atomic mass is 9.92. The van der Waals surface area contributed by atoms with Gasteiger partial charge in [-0.05, 0) is 24.8 Å². The maximum Gasteiger partial charge on any atom is 0.225 e. The van der Waals surface area contributed by atoms with Crippen molar-refractivity contribution < 1.29 is 13.2 Å². The molecule has 3 rings (SSSR count). The van der Waals surface area contributed by atoms with Crippen molar-refractivity contribution in [2.45, 2.75) is 57.9 Å². The summed E-state index contributed by atoms with van der Waals surface area (Å²) in [5, 5.41) is 7.61. The van der Waals surface area contributed by atoms with Gasteiger partial charge in [-0.15, -0.1) is 0 Å². The minimum atomic E-state index is -3.03. The van der Waals surface area contributed by atoms with Crippen LogP contribution in [-0.4, -0.2) is 35.6 Å². The zero-order valence-corrected chi connectivity index (χ0v) is 17.6. The van der Waals surface area contributed by atoms with Crippen LogP contribution in [0.2, 0.25) is 0 Å². The van der Waals surface area contributed by atoms with Crippen LogP contribution in [-0.2, 0) is 26.5 Å². The number of carbonyl (C=O) groups excluding carboxylic acids is 1. The highest BCUT2D eigenvalue weighted by molar-refractivity contribution is 7.91. The molecule has 2 aromatic rings. The number of hydrogen-bond donors (Lipinski definition) is 1. The van der Waals surface area contributed by atoms with Crippen molar-refractivity contribution in [1.82, 2.24) is 9.78 Å². The number of aryl methyl sites for hydroxylation is 1. The first kappa shape index (κ1) is 20.6. The SMILES string of the molecule is CC(C)(C)c1cc(NC(=O)CCCc2ccccc2)n([C@H]2CCS(=O)(=O)C2)n1. The Balaban J connectivity index is 1.69. The molecule has 1 amide bonds. The number of amides is 1. The maximum atomic E-state index is 12.5. The molecule has 1 atom stereocenters. The Labute approximate surface area is 167 Å². The normalized spacial score (nSPS) is 18.9. The number of nitrogens with zero attached hydrogens (tertiary/aromatic N) is 2. The molecule has 0 bridgehead atoms. The Hall–Kier alpha value is -2.15. The van der Waals surface area contributed by atoms with Gasteiger partial charge in [0, 0.05) is 17.9 Å². The molecule has 7 heteroatoms. The van der Waals surface area contributed by atoms with Crippen LogP contribution in [0.3, 0.4) is 0 Å². The molecule has 1 aromatic carbocycles. The van der Waals surface area contributed by atoms with E-state index in [4.69, 9.17) is 0 Å². The van der Waals surface area contributed by atoms with Gasteiger partial charge in [-0.1, -0.05) is 51.1 Å². The summed E-state index contributed by atoms with van der Waals surface area (Å²) in [6.07, 6.45) is 2.55. The molecule has 1 aromatic heterocycles. The lowest BCUT2D eigenvalue weighted by Crippen LogP contribution is -2.20. The molecule has 1 aliphatic heterocycles. The van der Waals surface area contributed by atoms with Crippen molar-refractivity contribution in [3.8, 4) is 0 Å². The Morgan fingerprint density at radius 1 is 1.25 bits per heavy atom. The van der Waals surface area contributed by atoms with Gasteiger partial charge in [0.25, 0.3) is 0 Å². The van der Waals surface area contributed by atoms with Crippen molar-refractivity contribution in [3.63, 3.8) is 0 Å². The summed E-state index contributed by atoms with van der Waals surface area (Å²) < 4.78 is 25.5. The van der Waals surface area contributed by atoms with E-state index >= 15 is 0 Å². The van der Waals surface area contributed by atoms with Crippen molar-refractivity contribution >= 4 is 21.6 Å². The van der Waals surface area contributed by atoms with Gasteiger partial charge < -0.3 is 5.32 Å². The number of rotatable bonds is 6. The number of carbonyl (C=O) groups is 1. The summed E-state index contributed by atoms with van der Waals surface area (Å²) >= 11 is 0. The third-order valence-corrected chi connectivity index (χ3v) is 6.79. The summed E-state index contributed by atoms with van der Waals surface area (Å²) in [7, 11) is -3.03. The highest BCUT2D eigenvalue weighted by Crippen LogP contribution is 2.31. The van der Waals surface area contributed by atoms with E-state index < -0.39 is 9.84 Å². The quantitative estimate of drug-likeness (QED) is 0.800. The lowest BCUT2D eigenvalue weighted by Gasteiger charge is -2.15. The van der Waals surface area contributed by atoms with E-state index in [1.54, 1.807) is 4.68 Å². The van der Waals surface area contributed by atoms with Crippen molar-refractivity contribution in [3.05, 3.63) is 47.7 Å². The van der Waals surface area contributed by atoms with E-state index in [2.05, 4.69) is 43.3 Å². The molecule has 152 valence electrons. The fourth-order valence-electron chi connectivity index (χ4n) is 3.40. The number of aromatic nitrogens is 2. The first-order valence-corrected chi connectivity index (χ1v) is 11.6. The van der Waals surface area contributed by atoms with Gasteiger partial charge in [-0.2, -0.15) is 5.10 Å². The van der Waals surface area contributed by atoms with Crippen LogP contribution in [0, 0.1) is 0 Å². The molecule has 0 aliphatic carbocycles. The van der Waals surface area contributed by atoms with E-state index in [1.807, 2.05) is 24.3 Å². The summed E-state index contributed by atoms with van der Waals surface area (Å²) in [5.74, 6) is 0.775. The Morgan fingerprint density at radius 3 is 2.57 bits per heavy atom. The number of sulfone groups is 1. The van der Waals surface area contributed by atoms with Crippen molar-refractivity contribution in [2.75, 3.05) is 16.8 Å². The van der Waals surface area contributed by atoms with Gasteiger partial charge in [0.1, 0.15) is 5.82 Å². The van der Waals surface area contributed by atoms with Gasteiger partial charge in [0.2, 0.25) is 5.91 Å². The Morgan fingerprint density at radius 2 is 1.96 bits per heavy atom. The first-order chi connectivity index (χ1) is 13.1. The summed E-state index contributed by atoms with van der Waals surface area (Å²) in [5.41, 5.74) is 1.87. The summed E-state index contributed by atoms with van der Waals surface area (Å²) in [6.45, 7) is 6.16. The molecule has 1 N–H and O–H groups in total. The predicted molar refractivity (Wildman–Crippen MR) is 111 cm³/mol. The third kappa shape index (κ3) is 5.22. The zero-order valence-electron chi connectivity index (χ0n) is 16.8. The van der Waals surface area contributed by atoms with E-state index in [9.17, 15) is 13.2 Å². The maximum absolute atomic E-state index is 12.5. The van der Waals surface area contributed by atoms with Crippen LogP contribution >= 0.6 is 0 Å². The second-order valence-corrected chi connectivity index (χ2v) is 10.8. The van der Waals surface area contributed by atoms with E-state index in [-0.39, 0.29) is 28.9 Å². The molecule has 0 saturated carbocycles. The molecule has 1 fully saturated rings. The topological polar surface area (TPSA) is 81.1 Å². The van der Waals surface area contributed by atoms with Crippen LogP contribution < -0.4 is 5.32 Å². The van der Waals surface area contributed by atoms with Gasteiger partial charge in [0.15, 0.2) is 9.84 Å². The Kier molecular flexibility index (Phi) is 5.93. The highest BCUT2D eigenvalue weighted by Gasteiger charge is 2.32. The third-order valence-electron chi connectivity index (χ3n) is 5.04. The van der Waals surface area contributed by atoms with Crippen molar-refractivity contribution in [2.24, 2.45) is 0 Å². The first-order valence-electron chi connectivity index (χ1n) is 9.78. The highest BCUT2D eigenvalue weighted by atomic mass is 32.2. The molecule has 1 aliphatic rings. The van der Waals surface area contributed by atoms with E-state index in [1.165, 1.54) is 5.56 Å². The van der Waals surface area contributed by atoms with Crippen LogP contribution in [0.25, 0.3) is 0 Å². The predicted octanol–water partition coefficient (Wildman–Crippen LogP) is 3.50. The standard InChI is InChI=1S/C21H29N3O3S/c1-21(2,3)18-14-19(24(23-18)17-12-13-28(26,27)15-17)22-20(25)11-7-10-16-8-5-4-6-9-16/h4-6,8-9,14,17H,7,10-13,15H2,1-3H3,(H,22,25)/t17-/m0/s1. The van der Waals surface area contributed by atoms with Gasteiger partial charge in [0.05, 0.1) is 23.2 Å². The second kappa shape index (κ2) is 8.07. The van der Waals surface area contributed by atoms with Crippen LogP contribution in [0.5, 0.6) is 0 Å². The molecule has 0 unspecified atom stereocenters. The zero-order chi connectivity index (χ0) is 20.4. The molecule has 0 spiro atoms. The molecule has 0 radical (unpaired) electrons. The molecule has 2 heterocycles. The second-order valence-electron chi connectivity index (χ2n) is 8.55. The lowest BCUT2D eigenvalue weighted by molar-refractivity contribution is -0.116. The molecule has 1 saturated heterocycles. The number of benzene rings is 1. The largest absolute Gasteiger partial charge is 0.311 e. The van der Waals surface area contributed by atoms with Gasteiger partial charge in [-0.25, -0.2) is 13.1 Å². The van der Waals surface area contributed by atoms with Gasteiger partial charge >= 0.3 is 0 Å². The average Bonchev–Trinajstić information content (AvgIpc) is 3.18. The minimum Gasteiger partial charge on any atom is -0.311 e. The molecule has 6 nitrogen and oxygen atoms in total. The summed E-state index contributed by atoms with van der Waals surface area (Å²) in [6, 6.07) is 11.7. The van der Waals surface area contributed by atoms with Crippen LogP contribution in [0.1, 0.15) is 57.3 Å². The molecular weight excluding hydrogens is 374 g/mol. The average molecular weight is 404 g/mol. The van der Waals surface area contributed by atoms with E-state index in [0.29, 0.717) is 18.7 Å². The molecule has 28 heavy (non-hydrogen) atoms. The molecular formula is C21H29N3O3S. The van der Waals surface area contributed by atoms with Crippen LogP contribution in [0.4, 0.5) is 5.82 Å². The number of nitrogens with one attached hydrogen (secondary N) is 1. The minimum absolute atomic E-state index is 0.0709. The van der Waals surface area contributed by atoms with Crippen molar-refractivity contribution in [1.29, 1.82) is 0 Å². The fraction of sp³-hybridized carbons (Fsp3) is 0.524. The van der Waals surface area contributed by atoms with Gasteiger partial charge in [-0.3, -0.25) is 4.79 Å². The smallest absolute Gasteiger partial charge is 0.225 e. The fourth-order valence-corrected chi connectivity index (χ4v) is 5.10. The van der Waals surface area contributed by atoms with Crippen LogP contribution in [0.15, 0.2) is 36.4 Å². The monoisotopic (exact) mass is 403 g/mol. The number of hydrogen-bond acceptors (Lipinski definition) is 4.